The highest BCUT2D eigenvalue weighted by Gasteiger charge is 2.39. The summed E-state index contributed by atoms with van der Waals surface area (Å²) in [6.45, 7) is 3.54. The molecule has 112 valence electrons. The fraction of sp³-hybridized carbons (Fsp3) is 0.294. The van der Waals surface area contributed by atoms with Crippen LogP contribution in [0.15, 0.2) is 60.7 Å². The summed E-state index contributed by atoms with van der Waals surface area (Å²) in [4.78, 5) is 0. The lowest BCUT2D eigenvalue weighted by atomic mass is 9.96. The highest BCUT2D eigenvalue weighted by atomic mass is 16.7. The van der Waals surface area contributed by atoms with E-state index in [0.717, 1.165) is 11.1 Å². The Kier molecular flexibility index (Phi) is 5.09. The molecule has 0 spiro atoms. The van der Waals surface area contributed by atoms with Gasteiger partial charge < -0.3 is 20.9 Å². The molecule has 0 unspecified atom stereocenters. The van der Waals surface area contributed by atoms with Crippen molar-refractivity contribution in [1.82, 2.24) is 0 Å². The van der Waals surface area contributed by atoms with Crippen LogP contribution in [0.25, 0.3) is 0 Å². The molecule has 0 saturated carbocycles. The van der Waals surface area contributed by atoms with E-state index in [0.29, 0.717) is 0 Å². The molecule has 2 atom stereocenters. The van der Waals surface area contributed by atoms with Gasteiger partial charge in [0.25, 0.3) is 0 Å². The van der Waals surface area contributed by atoms with Gasteiger partial charge in [0.2, 0.25) is 5.79 Å². The van der Waals surface area contributed by atoms with Gasteiger partial charge in [-0.3, -0.25) is 0 Å². The Bertz CT molecular complexity index is 490. The number of benzene rings is 2. The molecule has 0 fully saturated rings. The zero-order valence-corrected chi connectivity index (χ0v) is 12.4. The zero-order chi connectivity index (χ0) is 15.3. The van der Waals surface area contributed by atoms with E-state index in [2.05, 4.69) is 0 Å². The Hall–Kier alpha value is -1.72. The molecule has 2 aromatic rings. The number of hydrogen-bond acceptors (Lipinski definition) is 4. The molecule has 0 aliphatic carbocycles. The number of ether oxygens (including phenoxy) is 2. The fourth-order valence-corrected chi connectivity index (χ4v) is 2.31. The minimum absolute atomic E-state index is 0.510. The van der Waals surface area contributed by atoms with Gasteiger partial charge in [0.15, 0.2) is 0 Å². The molecule has 4 N–H and O–H groups in total. The van der Waals surface area contributed by atoms with E-state index in [9.17, 15) is 0 Å². The van der Waals surface area contributed by atoms with E-state index in [4.69, 9.17) is 20.9 Å². The second-order valence-corrected chi connectivity index (χ2v) is 4.99. The van der Waals surface area contributed by atoms with Crippen LogP contribution in [-0.2, 0) is 15.3 Å². The molecule has 0 bridgehead atoms. The van der Waals surface area contributed by atoms with Crippen LogP contribution in [0.3, 0.4) is 0 Å². The first-order valence-electron chi connectivity index (χ1n) is 7.02. The lowest BCUT2D eigenvalue weighted by Gasteiger charge is -2.37. The third-order valence-electron chi connectivity index (χ3n) is 3.01. The van der Waals surface area contributed by atoms with Crippen LogP contribution in [0.1, 0.15) is 25.0 Å². The maximum atomic E-state index is 6.00. The van der Waals surface area contributed by atoms with Crippen LogP contribution in [0.2, 0.25) is 0 Å². The number of hydrogen-bond donors (Lipinski definition) is 2. The second-order valence-electron chi connectivity index (χ2n) is 4.99. The largest absolute Gasteiger partial charge is 0.324 e. The van der Waals surface area contributed by atoms with Crippen LogP contribution in [-0.4, -0.2) is 12.5 Å². The Morgan fingerprint density at radius 3 is 1.33 bits per heavy atom. The van der Waals surface area contributed by atoms with Gasteiger partial charge in [-0.15, -0.1) is 0 Å². The predicted octanol–water partition coefficient (Wildman–Crippen LogP) is 2.53. The van der Waals surface area contributed by atoms with Crippen LogP contribution >= 0.6 is 0 Å². The third kappa shape index (κ3) is 3.68. The van der Waals surface area contributed by atoms with Gasteiger partial charge in [-0.05, 0) is 13.8 Å². The molecule has 0 amide bonds. The first kappa shape index (κ1) is 15.7. The average molecular weight is 286 g/mol. The summed E-state index contributed by atoms with van der Waals surface area (Å²) in [5, 5.41) is 0. The van der Waals surface area contributed by atoms with Crippen molar-refractivity contribution in [2.45, 2.75) is 32.1 Å². The van der Waals surface area contributed by atoms with Gasteiger partial charge in [0, 0.05) is 11.1 Å². The van der Waals surface area contributed by atoms with E-state index in [-0.39, 0.29) is 0 Å². The molecule has 2 aromatic carbocycles. The molecule has 2 rings (SSSR count). The summed E-state index contributed by atoms with van der Waals surface area (Å²) in [6.07, 6.45) is -1.02. The SMILES string of the molecule is C[C@@H](N)OC(O[C@@H](C)N)(c1ccccc1)c1ccccc1. The molecule has 0 radical (unpaired) electrons. The van der Waals surface area contributed by atoms with Crippen molar-refractivity contribution in [3.63, 3.8) is 0 Å². The Balaban J connectivity index is 2.59. The van der Waals surface area contributed by atoms with Crippen molar-refractivity contribution in [2.75, 3.05) is 0 Å². The average Bonchev–Trinajstić information content (AvgIpc) is 2.47. The van der Waals surface area contributed by atoms with Crippen LogP contribution in [0, 0.1) is 0 Å². The van der Waals surface area contributed by atoms with Crippen LogP contribution in [0.4, 0.5) is 0 Å². The molecular formula is C17H22N2O2. The third-order valence-corrected chi connectivity index (χ3v) is 3.01. The Labute approximate surface area is 125 Å². The van der Waals surface area contributed by atoms with Gasteiger partial charge in [-0.1, -0.05) is 60.7 Å². The first-order chi connectivity index (χ1) is 10.0. The second kappa shape index (κ2) is 6.83. The van der Waals surface area contributed by atoms with E-state index in [1.54, 1.807) is 13.8 Å². The van der Waals surface area contributed by atoms with Crippen molar-refractivity contribution >= 4 is 0 Å². The summed E-state index contributed by atoms with van der Waals surface area (Å²) in [7, 11) is 0. The van der Waals surface area contributed by atoms with E-state index in [1.807, 2.05) is 60.7 Å². The molecule has 0 aliphatic rings. The van der Waals surface area contributed by atoms with Gasteiger partial charge >= 0.3 is 0 Å². The van der Waals surface area contributed by atoms with Crippen molar-refractivity contribution in [1.29, 1.82) is 0 Å². The van der Waals surface area contributed by atoms with Gasteiger partial charge in [-0.2, -0.15) is 0 Å². The van der Waals surface area contributed by atoms with E-state index < -0.39 is 18.2 Å². The fourth-order valence-electron chi connectivity index (χ4n) is 2.31. The van der Waals surface area contributed by atoms with Gasteiger partial charge in [-0.25, -0.2) is 0 Å². The highest BCUT2D eigenvalue weighted by Crippen LogP contribution is 2.36. The predicted molar refractivity (Wildman–Crippen MR) is 83.1 cm³/mol. The maximum Gasteiger partial charge on any atom is 0.225 e. The van der Waals surface area contributed by atoms with Crippen molar-refractivity contribution < 1.29 is 9.47 Å². The van der Waals surface area contributed by atoms with E-state index in [1.165, 1.54) is 0 Å². The van der Waals surface area contributed by atoms with Crippen molar-refractivity contribution in [3.8, 4) is 0 Å². The summed E-state index contributed by atoms with van der Waals surface area (Å²) >= 11 is 0. The lowest BCUT2D eigenvalue weighted by Crippen LogP contribution is -2.44. The van der Waals surface area contributed by atoms with Crippen LogP contribution in [0.5, 0.6) is 0 Å². The molecule has 4 heteroatoms. The molecule has 0 aliphatic heterocycles. The summed E-state index contributed by atoms with van der Waals surface area (Å²) in [5.41, 5.74) is 13.5. The number of nitrogens with two attached hydrogens (primary N) is 2. The zero-order valence-electron chi connectivity index (χ0n) is 12.4. The molecule has 21 heavy (non-hydrogen) atoms. The molecule has 0 saturated heterocycles. The van der Waals surface area contributed by atoms with Crippen LogP contribution < -0.4 is 11.5 Å². The van der Waals surface area contributed by atoms with Gasteiger partial charge in [0.05, 0.1) is 0 Å². The minimum atomic E-state index is -1.12. The first-order valence-corrected chi connectivity index (χ1v) is 7.02. The van der Waals surface area contributed by atoms with Gasteiger partial charge in [0.1, 0.15) is 12.5 Å². The molecule has 0 heterocycles. The summed E-state index contributed by atoms with van der Waals surface area (Å²) in [5.74, 6) is -1.12. The summed E-state index contributed by atoms with van der Waals surface area (Å²) in [6, 6.07) is 19.4. The smallest absolute Gasteiger partial charge is 0.225 e. The highest BCUT2D eigenvalue weighted by molar-refractivity contribution is 5.34. The Morgan fingerprint density at radius 2 is 1.05 bits per heavy atom. The van der Waals surface area contributed by atoms with Crippen molar-refractivity contribution in [3.05, 3.63) is 71.8 Å². The normalized spacial score (nSPS) is 14.7. The standard InChI is InChI=1S/C17H22N2O2/c1-13(18)20-17(21-14(2)19,15-9-5-3-6-10-15)16-11-7-4-8-12-16/h3-14H,18-19H2,1-2H3/t13-,14-/m0/s1. The molecular weight excluding hydrogens is 264 g/mol. The summed E-state index contributed by atoms with van der Waals surface area (Å²) < 4.78 is 12.0. The minimum Gasteiger partial charge on any atom is -0.324 e. The number of rotatable bonds is 6. The van der Waals surface area contributed by atoms with Crippen molar-refractivity contribution in [2.24, 2.45) is 11.5 Å². The molecule has 4 nitrogen and oxygen atoms in total. The topological polar surface area (TPSA) is 70.5 Å². The lowest BCUT2D eigenvalue weighted by molar-refractivity contribution is -0.255. The quantitative estimate of drug-likeness (QED) is 0.801. The van der Waals surface area contributed by atoms with E-state index >= 15 is 0 Å². The molecule has 0 aromatic heterocycles. The Morgan fingerprint density at radius 1 is 0.714 bits per heavy atom. The maximum absolute atomic E-state index is 6.00. The monoisotopic (exact) mass is 286 g/mol.